The van der Waals surface area contributed by atoms with Gasteiger partial charge in [0.1, 0.15) is 12.5 Å². The zero-order valence-electron chi connectivity index (χ0n) is 18.0. The standard InChI is InChI=1S/C18H37N5O6/c1-6-11(3)23(13(5)18(20)29)15(25)9-21(10-16(26)27)8-14(24)22(7-2)12(4)17(19)28/h11-15,24-25H,6-10H2,1-5H3,(H2,19,28)(H2,20,29)(H,26,27). The zero-order chi connectivity index (χ0) is 22.9. The first-order valence-electron chi connectivity index (χ1n) is 9.79. The van der Waals surface area contributed by atoms with Gasteiger partial charge in [-0.3, -0.25) is 29.1 Å². The van der Waals surface area contributed by atoms with Crippen LogP contribution in [0.4, 0.5) is 0 Å². The van der Waals surface area contributed by atoms with E-state index in [1.54, 1.807) is 20.8 Å². The summed E-state index contributed by atoms with van der Waals surface area (Å²) >= 11 is 0. The summed E-state index contributed by atoms with van der Waals surface area (Å²) in [5.41, 5.74) is 10.7. The van der Waals surface area contributed by atoms with E-state index in [1.807, 2.05) is 13.8 Å². The zero-order valence-corrected chi connectivity index (χ0v) is 18.0. The Morgan fingerprint density at radius 3 is 1.76 bits per heavy atom. The predicted molar refractivity (Wildman–Crippen MR) is 107 cm³/mol. The lowest BCUT2D eigenvalue weighted by molar-refractivity contribution is -0.144. The molecule has 0 aromatic heterocycles. The van der Waals surface area contributed by atoms with Crippen LogP contribution in [0, 0.1) is 0 Å². The van der Waals surface area contributed by atoms with Crippen molar-refractivity contribution in [1.82, 2.24) is 14.7 Å². The third kappa shape index (κ3) is 8.62. The van der Waals surface area contributed by atoms with E-state index in [0.29, 0.717) is 13.0 Å². The minimum Gasteiger partial charge on any atom is -0.480 e. The number of carboxylic acids is 1. The Bertz CT molecular complexity index is 549. The second-order valence-electron chi connectivity index (χ2n) is 7.24. The largest absolute Gasteiger partial charge is 0.480 e. The highest BCUT2D eigenvalue weighted by Gasteiger charge is 2.32. The Morgan fingerprint density at radius 2 is 1.38 bits per heavy atom. The molecular weight excluding hydrogens is 382 g/mol. The summed E-state index contributed by atoms with van der Waals surface area (Å²) in [5, 5.41) is 30.5. The molecule has 29 heavy (non-hydrogen) atoms. The van der Waals surface area contributed by atoms with Crippen molar-refractivity contribution in [3.63, 3.8) is 0 Å². The van der Waals surface area contributed by atoms with Crippen LogP contribution < -0.4 is 11.5 Å². The van der Waals surface area contributed by atoms with Crippen molar-refractivity contribution in [1.29, 1.82) is 0 Å². The molecule has 11 nitrogen and oxygen atoms in total. The molecule has 0 aliphatic heterocycles. The second kappa shape index (κ2) is 12.7. The highest BCUT2D eigenvalue weighted by Crippen LogP contribution is 2.14. The molecule has 0 bridgehead atoms. The lowest BCUT2D eigenvalue weighted by Gasteiger charge is -2.39. The second-order valence-corrected chi connectivity index (χ2v) is 7.24. The Labute approximate surface area is 172 Å². The molecule has 0 heterocycles. The van der Waals surface area contributed by atoms with Crippen molar-refractivity contribution in [2.45, 2.75) is 71.6 Å². The van der Waals surface area contributed by atoms with Crippen LogP contribution in [0.5, 0.6) is 0 Å². The average molecular weight is 420 g/mol. The highest BCUT2D eigenvalue weighted by molar-refractivity contribution is 5.79. The fourth-order valence-corrected chi connectivity index (χ4v) is 3.25. The number of primary amides is 2. The van der Waals surface area contributed by atoms with Crippen LogP contribution in [-0.2, 0) is 14.4 Å². The van der Waals surface area contributed by atoms with Gasteiger partial charge >= 0.3 is 5.97 Å². The Balaban J connectivity index is 5.47. The van der Waals surface area contributed by atoms with Crippen molar-refractivity contribution < 1.29 is 29.7 Å². The van der Waals surface area contributed by atoms with E-state index in [4.69, 9.17) is 11.5 Å². The molecule has 170 valence electrons. The molecular formula is C18H37N5O6. The van der Waals surface area contributed by atoms with E-state index >= 15 is 0 Å². The number of hydrogen-bond donors (Lipinski definition) is 5. The summed E-state index contributed by atoms with van der Waals surface area (Å²) in [6, 6.07) is -1.71. The van der Waals surface area contributed by atoms with Gasteiger partial charge in [0.15, 0.2) is 0 Å². The third-order valence-corrected chi connectivity index (χ3v) is 5.16. The summed E-state index contributed by atoms with van der Waals surface area (Å²) in [6.45, 7) is 8.14. The number of hydrogen-bond acceptors (Lipinski definition) is 8. The molecule has 0 aliphatic carbocycles. The highest BCUT2D eigenvalue weighted by atomic mass is 16.4. The van der Waals surface area contributed by atoms with Gasteiger partial charge in [-0.25, -0.2) is 0 Å². The molecule has 0 rings (SSSR count). The van der Waals surface area contributed by atoms with E-state index in [2.05, 4.69) is 0 Å². The molecule has 0 radical (unpaired) electrons. The molecule has 0 aliphatic rings. The Morgan fingerprint density at radius 1 is 0.897 bits per heavy atom. The molecule has 0 saturated carbocycles. The monoisotopic (exact) mass is 419 g/mol. The number of nitrogens with two attached hydrogens (primary N) is 2. The van der Waals surface area contributed by atoms with E-state index < -0.39 is 48.9 Å². The van der Waals surface area contributed by atoms with Crippen LogP contribution in [0.1, 0.15) is 41.0 Å². The number of aliphatic hydroxyl groups is 2. The number of carbonyl (C=O) groups is 3. The van der Waals surface area contributed by atoms with Gasteiger partial charge in [0, 0.05) is 19.1 Å². The molecule has 5 atom stereocenters. The first kappa shape index (κ1) is 27.2. The number of aliphatic hydroxyl groups excluding tert-OH is 2. The fraction of sp³-hybridized carbons (Fsp3) is 0.833. The molecule has 11 heteroatoms. The van der Waals surface area contributed by atoms with Crippen LogP contribution in [0.2, 0.25) is 0 Å². The van der Waals surface area contributed by atoms with E-state index in [-0.39, 0.29) is 19.1 Å². The minimum atomic E-state index is -1.19. The number of amides is 2. The normalized spacial score (nSPS) is 17.2. The first-order chi connectivity index (χ1) is 13.4. The van der Waals surface area contributed by atoms with Crippen molar-refractivity contribution in [2.75, 3.05) is 26.2 Å². The summed E-state index contributed by atoms with van der Waals surface area (Å²) < 4.78 is 0. The first-order valence-corrected chi connectivity index (χ1v) is 9.79. The maximum absolute atomic E-state index is 11.6. The maximum atomic E-state index is 11.6. The lowest BCUT2D eigenvalue weighted by atomic mass is 10.1. The van der Waals surface area contributed by atoms with Crippen LogP contribution in [0.3, 0.4) is 0 Å². The van der Waals surface area contributed by atoms with E-state index in [9.17, 15) is 29.7 Å². The van der Waals surface area contributed by atoms with Gasteiger partial charge in [0.2, 0.25) is 11.8 Å². The van der Waals surface area contributed by atoms with Gasteiger partial charge in [-0.05, 0) is 33.7 Å². The van der Waals surface area contributed by atoms with Gasteiger partial charge in [-0.2, -0.15) is 0 Å². The molecule has 0 aromatic carbocycles. The summed E-state index contributed by atoms with van der Waals surface area (Å²) in [5.74, 6) is -2.37. The SMILES string of the molecule is CCC(C)N(C(O)CN(CC(=O)O)CC(O)N(CC)C(C)C(N)=O)C(C)C(N)=O. The van der Waals surface area contributed by atoms with Gasteiger partial charge < -0.3 is 26.8 Å². The minimum absolute atomic E-state index is 0.145. The fourth-order valence-electron chi connectivity index (χ4n) is 3.25. The molecule has 0 saturated heterocycles. The topological polar surface area (TPSA) is 174 Å². The smallest absolute Gasteiger partial charge is 0.317 e. The van der Waals surface area contributed by atoms with Gasteiger partial charge in [-0.1, -0.05) is 13.8 Å². The number of aliphatic carboxylic acids is 1. The maximum Gasteiger partial charge on any atom is 0.317 e. The number of carboxylic acid groups (broad SMARTS) is 1. The van der Waals surface area contributed by atoms with Crippen LogP contribution in [-0.4, -0.2) is 105 Å². The van der Waals surface area contributed by atoms with Crippen LogP contribution in [0.15, 0.2) is 0 Å². The molecule has 7 N–H and O–H groups in total. The Hall–Kier alpha value is -1.79. The molecule has 5 unspecified atom stereocenters. The molecule has 0 fully saturated rings. The van der Waals surface area contributed by atoms with Gasteiger partial charge in [0.05, 0.1) is 18.6 Å². The van der Waals surface area contributed by atoms with Crippen molar-refractivity contribution in [2.24, 2.45) is 11.5 Å². The van der Waals surface area contributed by atoms with E-state index in [0.717, 1.165) is 0 Å². The summed E-state index contributed by atoms with van der Waals surface area (Å²) in [4.78, 5) is 38.7. The van der Waals surface area contributed by atoms with Gasteiger partial charge in [-0.15, -0.1) is 0 Å². The predicted octanol–water partition coefficient (Wildman–Crippen LogP) is -1.82. The van der Waals surface area contributed by atoms with Crippen LogP contribution >= 0.6 is 0 Å². The molecule has 2 amide bonds. The summed E-state index contributed by atoms with van der Waals surface area (Å²) in [7, 11) is 0. The lowest BCUT2D eigenvalue weighted by Crippen LogP contribution is -2.58. The van der Waals surface area contributed by atoms with Gasteiger partial charge in [0.25, 0.3) is 0 Å². The van der Waals surface area contributed by atoms with Crippen molar-refractivity contribution in [3.8, 4) is 0 Å². The number of nitrogens with zero attached hydrogens (tertiary/aromatic N) is 3. The Kier molecular flexibility index (Phi) is 11.9. The average Bonchev–Trinajstić information content (AvgIpc) is 2.60. The number of carbonyl (C=O) groups excluding carboxylic acids is 2. The molecule has 0 spiro atoms. The van der Waals surface area contributed by atoms with Crippen molar-refractivity contribution >= 4 is 17.8 Å². The van der Waals surface area contributed by atoms with Crippen LogP contribution in [0.25, 0.3) is 0 Å². The quantitative estimate of drug-likeness (QED) is 0.191. The summed E-state index contributed by atoms with van der Waals surface area (Å²) in [6.07, 6.45) is -1.74. The third-order valence-electron chi connectivity index (χ3n) is 5.16. The van der Waals surface area contributed by atoms with E-state index in [1.165, 1.54) is 14.7 Å². The number of likely N-dealkylation sites (N-methyl/N-ethyl adjacent to an activating group) is 1. The van der Waals surface area contributed by atoms with Crippen molar-refractivity contribution in [3.05, 3.63) is 0 Å². The molecule has 0 aromatic rings. The number of rotatable bonds is 15.